The highest BCUT2D eigenvalue weighted by Gasteiger charge is 2.27. The summed E-state index contributed by atoms with van der Waals surface area (Å²) < 4.78 is 39.4. The van der Waals surface area contributed by atoms with Gasteiger partial charge in [0.15, 0.2) is 23.0 Å². The monoisotopic (exact) mass is 828 g/mol. The highest BCUT2D eigenvalue weighted by molar-refractivity contribution is 5.86. The van der Waals surface area contributed by atoms with Gasteiger partial charge in [-0.25, -0.2) is 0 Å². The van der Waals surface area contributed by atoms with Crippen molar-refractivity contribution in [3.05, 3.63) is 96.4 Å². The smallest absolute Gasteiger partial charge is 0.203 e. The summed E-state index contributed by atoms with van der Waals surface area (Å²) in [5.41, 5.74) is 6.97. The van der Waals surface area contributed by atoms with E-state index < -0.39 is 0 Å². The molecule has 6 rings (SSSR count). The number of likely N-dealkylation sites (tertiary alicyclic amines) is 1. The van der Waals surface area contributed by atoms with Crippen LogP contribution in [0.25, 0.3) is 22.4 Å². The number of benzene rings is 3. The van der Waals surface area contributed by atoms with Gasteiger partial charge in [-0.15, -0.1) is 37.2 Å². The van der Waals surface area contributed by atoms with Crippen LogP contribution in [0.3, 0.4) is 0 Å². The summed E-state index contributed by atoms with van der Waals surface area (Å²) in [5, 5.41) is 0. The highest BCUT2D eigenvalue weighted by atomic mass is 35.5. The maximum atomic E-state index is 5.87. The van der Waals surface area contributed by atoms with Crippen LogP contribution in [0.4, 0.5) is 5.69 Å². The van der Waals surface area contributed by atoms with Gasteiger partial charge in [-0.1, -0.05) is 12.1 Å². The third kappa shape index (κ3) is 10.1. The second kappa shape index (κ2) is 21.5. The van der Waals surface area contributed by atoms with Gasteiger partial charge < -0.3 is 38.1 Å². The molecule has 3 heterocycles. The number of anilines is 1. The van der Waals surface area contributed by atoms with Gasteiger partial charge in [0.25, 0.3) is 0 Å². The minimum Gasteiger partial charge on any atom is -0.495 e. The molecule has 0 unspecified atom stereocenters. The molecule has 0 aliphatic carbocycles. The number of halogens is 3. The quantitative estimate of drug-likeness (QED) is 0.101. The van der Waals surface area contributed by atoms with Crippen LogP contribution >= 0.6 is 37.2 Å². The van der Waals surface area contributed by atoms with Crippen molar-refractivity contribution in [3.8, 4) is 62.6 Å². The topological polar surface area (TPSA) is 96.9 Å². The van der Waals surface area contributed by atoms with Crippen molar-refractivity contribution in [2.24, 2.45) is 0 Å². The first-order valence-corrected chi connectivity index (χ1v) is 17.5. The Morgan fingerprint density at radius 3 is 1.70 bits per heavy atom. The van der Waals surface area contributed by atoms with E-state index in [1.807, 2.05) is 55.0 Å². The predicted octanol–water partition coefficient (Wildman–Crippen LogP) is 8.81. The van der Waals surface area contributed by atoms with E-state index in [1.165, 1.54) is 5.56 Å². The second-order valence-electron chi connectivity index (χ2n) is 12.8. The first-order chi connectivity index (χ1) is 25.9. The van der Waals surface area contributed by atoms with E-state index in [9.17, 15) is 0 Å². The second-order valence-corrected chi connectivity index (χ2v) is 12.8. The number of pyridine rings is 2. The molecule has 0 saturated carbocycles. The molecule has 1 aliphatic heterocycles. The van der Waals surface area contributed by atoms with Gasteiger partial charge >= 0.3 is 0 Å². The predicted molar refractivity (Wildman–Crippen MR) is 228 cm³/mol. The third-order valence-corrected chi connectivity index (χ3v) is 9.73. The van der Waals surface area contributed by atoms with Crippen molar-refractivity contribution in [1.29, 1.82) is 0 Å². The number of rotatable bonds is 15. The fourth-order valence-electron chi connectivity index (χ4n) is 7.06. The van der Waals surface area contributed by atoms with Crippen molar-refractivity contribution in [2.75, 3.05) is 67.8 Å². The minimum absolute atomic E-state index is 0. The average molecular weight is 830 g/mol. The van der Waals surface area contributed by atoms with Gasteiger partial charge in [0.1, 0.15) is 5.75 Å². The average Bonchev–Trinajstić information content (AvgIpc) is 3.22. The van der Waals surface area contributed by atoms with Gasteiger partial charge in [0.05, 0.1) is 61.1 Å². The highest BCUT2D eigenvalue weighted by Crippen LogP contribution is 2.43. The lowest BCUT2D eigenvalue weighted by Crippen LogP contribution is -2.44. The summed E-state index contributed by atoms with van der Waals surface area (Å²) in [4.78, 5) is 14.3. The minimum atomic E-state index is 0. The van der Waals surface area contributed by atoms with Gasteiger partial charge in [-0.3, -0.25) is 14.9 Å². The number of nitrogens with zero attached hydrogens (tertiary/aromatic N) is 4. The standard InChI is InChI=1S/C42H48N4O7.3ClH/c1-47-36-11-9-8-10-35(36)46(27-29-18-32(25-43-24-29)30-20-37(48-2)41(52-6)38(21-30)49-3)33-13-16-45(17-14-33)26-28-12-15-44-34(19-28)31-22-39(50-4)42(53-7)40(23-31)51-5;;;/h8-12,15,18-25,33H,13-14,16-17,26-27H2,1-7H3;3*1H. The number of hydrogen-bond acceptors (Lipinski definition) is 11. The molecule has 0 bridgehead atoms. The van der Waals surface area contributed by atoms with Crippen LogP contribution in [-0.2, 0) is 13.1 Å². The van der Waals surface area contributed by atoms with Crippen LogP contribution < -0.4 is 38.1 Å². The molecule has 2 aromatic heterocycles. The van der Waals surface area contributed by atoms with Crippen LogP contribution in [0.15, 0.2) is 85.3 Å². The van der Waals surface area contributed by atoms with E-state index in [0.29, 0.717) is 47.1 Å². The molecule has 11 nitrogen and oxygen atoms in total. The molecule has 0 radical (unpaired) electrons. The van der Waals surface area contributed by atoms with E-state index >= 15 is 0 Å². The first kappa shape index (κ1) is 45.6. The Hall–Kier alpha value is -4.81. The summed E-state index contributed by atoms with van der Waals surface area (Å²) in [6.07, 6.45) is 7.65. The largest absolute Gasteiger partial charge is 0.495 e. The van der Waals surface area contributed by atoms with Crippen LogP contribution in [0.2, 0.25) is 0 Å². The Labute approximate surface area is 348 Å². The molecule has 14 heteroatoms. The lowest BCUT2D eigenvalue weighted by Gasteiger charge is -2.40. The van der Waals surface area contributed by atoms with E-state index in [-0.39, 0.29) is 37.2 Å². The number of para-hydroxylation sites is 2. The Morgan fingerprint density at radius 2 is 1.14 bits per heavy atom. The molecule has 302 valence electrons. The van der Waals surface area contributed by atoms with Crippen molar-refractivity contribution >= 4 is 42.9 Å². The molecule has 5 aromatic rings. The van der Waals surface area contributed by atoms with Gasteiger partial charge in [-0.05, 0) is 84.1 Å². The summed E-state index contributed by atoms with van der Waals surface area (Å²) in [6.45, 7) is 3.38. The number of aromatic nitrogens is 2. The molecule has 1 aliphatic rings. The molecule has 1 saturated heterocycles. The fourth-order valence-corrected chi connectivity index (χ4v) is 7.06. The van der Waals surface area contributed by atoms with Gasteiger partial charge in [0, 0.05) is 61.9 Å². The Bertz CT molecular complexity index is 1960. The third-order valence-electron chi connectivity index (χ3n) is 9.73. The van der Waals surface area contributed by atoms with E-state index in [0.717, 1.165) is 71.9 Å². The maximum absolute atomic E-state index is 5.87. The Morgan fingerprint density at radius 1 is 0.589 bits per heavy atom. The zero-order valence-corrected chi connectivity index (χ0v) is 35.2. The summed E-state index contributed by atoms with van der Waals surface area (Å²) in [5.74, 6) is 4.35. The molecular formula is C42H51Cl3N4O7. The molecule has 0 spiro atoms. The number of ether oxygens (including phenoxy) is 7. The SMILES string of the molecule is COc1ccccc1N(Cc1cncc(-c2cc(OC)c(OC)c(OC)c2)c1)C1CCN(Cc2ccnc(-c3cc(OC)c(OC)c(OC)c3)c2)CC1.Cl.Cl.Cl. The van der Waals surface area contributed by atoms with Crippen molar-refractivity contribution in [3.63, 3.8) is 0 Å². The fraction of sp³-hybridized carbons (Fsp3) is 0.333. The molecular weight excluding hydrogens is 779 g/mol. The van der Waals surface area contributed by atoms with Crippen LogP contribution in [-0.4, -0.2) is 83.8 Å². The number of piperidine rings is 1. The van der Waals surface area contributed by atoms with Crippen molar-refractivity contribution in [1.82, 2.24) is 14.9 Å². The van der Waals surface area contributed by atoms with E-state index in [2.05, 4.69) is 50.1 Å². The van der Waals surface area contributed by atoms with Gasteiger partial charge in [-0.2, -0.15) is 0 Å². The summed E-state index contributed by atoms with van der Waals surface area (Å²) >= 11 is 0. The zero-order chi connectivity index (χ0) is 37.3. The maximum Gasteiger partial charge on any atom is 0.203 e. The number of methoxy groups -OCH3 is 7. The summed E-state index contributed by atoms with van der Waals surface area (Å²) in [7, 11) is 11.4. The number of hydrogen-bond donors (Lipinski definition) is 0. The van der Waals surface area contributed by atoms with E-state index in [4.69, 9.17) is 33.2 Å². The zero-order valence-electron chi connectivity index (χ0n) is 32.8. The summed E-state index contributed by atoms with van der Waals surface area (Å²) in [6, 6.07) is 22.7. The molecule has 0 amide bonds. The molecule has 3 aromatic carbocycles. The first-order valence-electron chi connectivity index (χ1n) is 17.5. The van der Waals surface area contributed by atoms with Crippen molar-refractivity contribution < 1.29 is 33.2 Å². The lowest BCUT2D eigenvalue weighted by atomic mass is 9.99. The van der Waals surface area contributed by atoms with Crippen LogP contribution in [0.1, 0.15) is 24.0 Å². The normalized spacial score (nSPS) is 12.6. The Kier molecular flexibility index (Phi) is 17.5. The molecule has 0 N–H and O–H groups in total. The van der Waals surface area contributed by atoms with Crippen LogP contribution in [0, 0.1) is 0 Å². The molecule has 1 fully saturated rings. The van der Waals surface area contributed by atoms with Crippen molar-refractivity contribution in [2.45, 2.75) is 32.0 Å². The van der Waals surface area contributed by atoms with Crippen LogP contribution in [0.5, 0.6) is 40.2 Å². The molecule has 0 atom stereocenters. The van der Waals surface area contributed by atoms with E-state index in [1.54, 1.807) is 49.8 Å². The Balaban J connectivity index is 0.00000280. The molecule has 56 heavy (non-hydrogen) atoms. The van der Waals surface area contributed by atoms with Gasteiger partial charge in [0.2, 0.25) is 11.5 Å². The lowest BCUT2D eigenvalue weighted by molar-refractivity contribution is 0.200.